The SMILES string of the molecule is COC(=O)[C@@H]1C[C@@H](C)CN1C(=O)Nc1cc(Cl)nc(Cl)c1. The molecule has 2 amide bonds. The molecule has 2 heterocycles. The summed E-state index contributed by atoms with van der Waals surface area (Å²) in [6.45, 7) is 2.46. The number of aromatic nitrogens is 1. The van der Waals surface area contributed by atoms with Crippen LogP contribution in [0.15, 0.2) is 12.1 Å². The van der Waals surface area contributed by atoms with Crippen LogP contribution >= 0.6 is 23.2 Å². The lowest BCUT2D eigenvalue weighted by atomic mass is 10.1. The second-order valence-corrected chi connectivity index (χ2v) is 5.74. The van der Waals surface area contributed by atoms with E-state index >= 15 is 0 Å². The van der Waals surface area contributed by atoms with Crippen LogP contribution < -0.4 is 5.32 Å². The second kappa shape index (κ2) is 6.49. The number of carbonyl (C=O) groups excluding carboxylic acids is 2. The number of pyridine rings is 1. The van der Waals surface area contributed by atoms with Gasteiger partial charge in [0.2, 0.25) is 0 Å². The molecule has 0 spiro atoms. The fraction of sp³-hybridized carbons (Fsp3) is 0.462. The van der Waals surface area contributed by atoms with E-state index < -0.39 is 18.0 Å². The zero-order valence-electron chi connectivity index (χ0n) is 11.6. The zero-order chi connectivity index (χ0) is 15.6. The van der Waals surface area contributed by atoms with Crippen LogP contribution in [0, 0.1) is 5.92 Å². The fourth-order valence-corrected chi connectivity index (χ4v) is 2.82. The van der Waals surface area contributed by atoms with Gasteiger partial charge in [0, 0.05) is 12.2 Å². The van der Waals surface area contributed by atoms with Crippen molar-refractivity contribution in [3.05, 3.63) is 22.4 Å². The summed E-state index contributed by atoms with van der Waals surface area (Å²) in [5.74, 6) is -0.190. The minimum atomic E-state index is -0.571. The lowest BCUT2D eigenvalue weighted by Gasteiger charge is -2.23. The predicted octanol–water partition coefficient (Wildman–Crippen LogP) is 2.80. The predicted molar refractivity (Wildman–Crippen MR) is 79.6 cm³/mol. The van der Waals surface area contributed by atoms with Gasteiger partial charge in [-0.3, -0.25) is 0 Å². The first-order chi connectivity index (χ1) is 9.90. The van der Waals surface area contributed by atoms with Gasteiger partial charge < -0.3 is 15.0 Å². The van der Waals surface area contributed by atoms with E-state index in [9.17, 15) is 9.59 Å². The smallest absolute Gasteiger partial charge is 0.328 e. The molecule has 1 N–H and O–H groups in total. The number of nitrogens with zero attached hydrogens (tertiary/aromatic N) is 2. The highest BCUT2D eigenvalue weighted by Gasteiger charge is 2.38. The van der Waals surface area contributed by atoms with Gasteiger partial charge in [-0.25, -0.2) is 14.6 Å². The third kappa shape index (κ3) is 3.77. The van der Waals surface area contributed by atoms with E-state index in [0.717, 1.165) is 0 Å². The number of likely N-dealkylation sites (tertiary alicyclic amines) is 1. The van der Waals surface area contributed by atoms with E-state index in [-0.39, 0.29) is 16.2 Å². The summed E-state index contributed by atoms with van der Waals surface area (Å²) < 4.78 is 4.74. The number of amides is 2. The first-order valence-corrected chi connectivity index (χ1v) is 7.15. The van der Waals surface area contributed by atoms with Crippen LogP contribution in [0.2, 0.25) is 10.3 Å². The van der Waals surface area contributed by atoms with Gasteiger partial charge in [0.05, 0.1) is 7.11 Å². The third-order valence-electron chi connectivity index (χ3n) is 3.26. The molecular weight excluding hydrogens is 317 g/mol. The van der Waals surface area contributed by atoms with E-state index in [1.165, 1.54) is 24.1 Å². The van der Waals surface area contributed by atoms with E-state index in [1.807, 2.05) is 6.92 Å². The summed E-state index contributed by atoms with van der Waals surface area (Å²) in [6, 6.07) is 2.00. The molecule has 1 aromatic rings. The number of carbonyl (C=O) groups is 2. The van der Waals surface area contributed by atoms with Crippen LogP contribution in [0.25, 0.3) is 0 Å². The molecule has 2 atom stereocenters. The van der Waals surface area contributed by atoms with Gasteiger partial charge in [-0.2, -0.15) is 0 Å². The molecule has 0 aliphatic carbocycles. The molecule has 0 radical (unpaired) electrons. The molecule has 1 aromatic heterocycles. The molecule has 0 aromatic carbocycles. The summed E-state index contributed by atoms with van der Waals surface area (Å²) >= 11 is 11.6. The van der Waals surface area contributed by atoms with Crippen molar-refractivity contribution in [2.24, 2.45) is 5.92 Å². The van der Waals surface area contributed by atoms with Crippen molar-refractivity contribution in [2.45, 2.75) is 19.4 Å². The molecule has 1 saturated heterocycles. The molecule has 1 fully saturated rings. The number of esters is 1. The van der Waals surface area contributed by atoms with Crippen molar-refractivity contribution in [1.82, 2.24) is 9.88 Å². The summed E-state index contributed by atoms with van der Waals surface area (Å²) in [5, 5.41) is 3.02. The Balaban J connectivity index is 2.13. The van der Waals surface area contributed by atoms with Crippen LogP contribution in [-0.4, -0.2) is 41.6 Å². The van der Waals surface area contributed by atoms with Crippen molar-refractivity contribution >= 4 is 40.9 Å². The van der Waals surface area contributed by atoms with Crippen LogP contribution in [0.4, 0.5) is 10.5 Å². The number of ether oxygens (including phenoxy) is 1. The summed E-state index contributed by atoms with van der Waals surface area (Å²) in [7, 11) is 1.31. The van der Waals surface area contributed by atoms with E-state index in [0.29, 0.717) is 18.7 Å². The molecule has 6 nitrogen and oxygen atoms in total. The maximum Gasteiger partial charge on any atom is 0.328 e. The molecule has 8 heteroatoms. The van der Waals surface area contributed by atoms with Gasteiger partial charge in [-0.15, -0.1) is 0 Å². The van der Waals surface area contributed by atoms with Gasteiger partial charge in [0.25, 0.3) is 0 Å². The Kier molecular flexibility index (Phi) is 4.90. The minimum Gasteiger partial charge on any atom is -0.467 e. The number of anilines is 1. The molecule has 114 valence electrons. The Morgan fingerprint density at radius 2 is 2.00 bits per heavy atom. The van der Waals surface area contributed by atoms with E-state index in [2.05, 4.69) is 10.3 Å². The maximum absolute atomic E-state index is 12.3. The Hall–Kier alpha value is -1.53. The quantitative estimate of drug-likeness (QED) is 0.668. The van der Waals surface area contributed by atoms with Gasteiger partial charge in [0.1, 0.15) is 16.3 Å². The summed E-state index contributed by atoms with van der Waals surface area (Å²) in [6.07, 6.45) is 0.581. The molecule has 0 unspecified atom stereocenters. The normalized spacial score (nSPS) is 21.2. The molecule has 0 saturated carbocycles. The Morgan fingerprint density at radius 3 is 2.57 bits per heavy atom. The lowest BCUT2D eigenvalue weighted by Crippen LogP contribution is -2.43. The fourth-order valence-electron chi connectivity index (χ4n) is 2.36. The lowest BCUT2D eigenvalue weighted by molar-refractivity contribution is -0.144. The number of hydrogen-bond donors (Lipinski definition) is 1. The average molecular weight is 332 g/mol. The first kappa shape index (κ1) is 15.9. The summed E-state index contributed by atoms with van der Waals surface area (Å²) in [4.78, 5) is 29.3. The van der Waals surface area contributed by atoms with Crippen LogP contribution in [0.1, 0.15) is 13.3 Å². The Bertz CT molecular complexity index is 547. The van der Waals surface area contributed by atoms with Crippen LogP contribution in [-0.2, 0) is 9.53 Å². The van der Waals surface area contributed by atoms with Crippen molar-refractivity contribution in [3.63, 3.8) is 0 Å². The highest BCUT2D eigenvalue weighted by molar-refractivity contribution is 6.32. The number of rotatable bonds is 2. The largest absolute Gasteiger partial charge is 0.467 e. The minimum absolute atomic E-state index is 0.178. The molecular formula is C13H15Cl2N3O3. The highest BCUT2D eigenvalue weighted by atomic mass is 35.5. The molecule has 1 aliphatic rings. The Morgan fingerprint density at radius 1 is 1.38 bits per heavy atom. The van der Waals surface area contributed by atoms with E-state index in [1.54, 1.807) is 0 Å². The van der Waals surface area contributed by atoms with Crippen molar-refractivity contribution in [1.29, 1.82) is 0 Å². The average Bonchev–Trinajstić information content (AvgIpc) is 2.78. The van der Waals surface area contributed by atoms with Crippen molar-refractivity contribution in [3.8, 4) is 0 Å². The van der Waals surface area contributed by atoms with Gasteiger partial charge in [-0.1, -0.05) is 30.1 Å². The van der Waals surface area contributed by atoms with Crippen LogP contribution in [0.3, 0.4) is 0 Å². The van der Waals surface area contributed by atoms with Gasteiger partial charge in [0.15, 0.2) is 0 Å². The van der Waals surface area contributed by atoms with Gasteiger partial charge >= 0.3 is 12.0 Å². The highest BCUT2D eigenvalue weighted by Crippen LogP contribution is 2.25. The zero-order valence-corrected chi connectivity index (χ0v) is 13.1. The van der Waals surface area contributed by atoms with Crippen molar-refractivity contribution in [2.75, 3.05) is 19.0 Å². The number of methoxy groups -OCH3 is 1. The monoisotopic (exact) mass is 331 g/mol. The van der Waals surface area contributed by atoms with Crippen molar-refractivity contribution < 1.29 is 14.3 Å². The Labute approximate surface area is 132 Å². The van der Waals surface area contributed by atoms with Crippen LogP contribution in [0.5, 0.6) is 0 Å². The number of nitrogens with one attached hydrogen (secondary N) is 1. The topological polar surface area (TPSA) is 71.5 Å². The molecule has 2 rings (SSSR count). The number of urea groups is 1. The molecule has 21 heavy (non-hydrogen) atoms. The standard InChI is InChI=1S/C13H15Cl2N3O3/c1-7-3-9(12(19)21-2)18(6-7)13(20)16-8-4-10(14)17-11(15)5-8/h4-5,7,9H,3,6H2,1-2H3,(H,16,17,20)/t7-,9+/m1/s1. The first-order valence-electron chi connectivity index (χ1n) is 6.39. The number of halogens is 2. The van der Waals surface area contributed by atoms with Gasteiger partial charge in [-0.05, 0) is 24.5 Å². The maximum atomic E-state index is 12.3. The third-order valence-corrected chi connectivity index (χ3v) is 3.65. The molecule has 1 aliphatic heterocycles. The molecule has 0 bridgehead atoms. The summed E-state index contributed by atoms with van der Waals surface area (Å²) in [5.41, 5.74) is 0.424. The second-order valence-electron chi connectivity index (χ2n) is 4.96. The number of hydrogen-bond acceptors (Lipinski definition) is 4. The van der Waals surface area contributed by atoms with E-state index in [4.69, 9.17) is 27.9 Å².